The SMILES string of the molecule is CCCCN(CCCC)c1nc(-c2c(C)cc(C(C)(C)C)cc2C)c(C=O)s1. The van der Waals surface area contributed by atoms with Crippen LogP contribution in [0.3, 0.4) is 0 Å². The molecule has 0 bridgehead atoms. The first-order valence-electron chi connectivity index (χ1n) is 10.6. The molecule has 0 aliphatic heterocycles. The molecule has 4 heteroatoms. The molecule has 2 rings (SSSR count). The largest absolute Gasteiger partial charge is 0.348 e. The maximum absolute atomic E-state index is 11.9. The van der Waals surface area contributed by atoms with E-state index in [0.29, 0.717) is 0 Å². The molecular weight excluding hydrogens is 364 g/mol. The molecule has 28 heavy (non-hydrogen) atoms. The average Bonchev–Trinajstić information content (AvgIpc) is 3.04. The Balaban J connectivity index is 2.50. The van der Waals surface area contributed by atoms with E-state index in [2.05, 4.69) is 65.5 Å². The van der Waals surface area contributed by atoms with E-state index in [-0.39, 0.29) is 5.41 Å². The zero-order valence-electron chi connectivity index (χ0n) is 18.7. The minimum atomic E-state index is 0.103. The molecule has 0 atom stereocenters. The second-order valence-electron chi connectivity index (χ2n) is 8.76. The van der Waals surface area contributed by atoms with Gasteiger partial charge in [-0.05, 0) is 48.8 Å². The molecule has 0 saturated carbocycles. The molecule has 0 saturated heterocycles. The second-order valence-corrected chi connectivity index (χ2v) is 9.77. The first-order valence-corrected chi connectivity index (χ1v) is 11.4. The van der Waals surface area contributed by atoms with Crippen molar-refractivity contribution in [2.75, 3.05) is 18.0 Å². The van der Waals surface area contributed by atoms with Gasteiger partial charge in [-0.15, -0.1) is 0 Å². The van der Waals surface area contributed by atoms with Crippen molar-refractivity contribution in [2.45, 2.75) is 79.6 Å². The van der Waals surface area contributed by atoms with Crippen molar-refractivity contribution >= 4 is 22.8 Å². The minimum absolute atomic E-state index is 0.103. The second kappa shape index (κ2) is 9.69. The molecule has 0 fully saturated rings. The van der Waals surface area contributed by atoms with Crippen LogP contribution in [0.2, 0.25) is 0 Å². The number of unbranched alkanes of at least 4 members (excludes halogenated alkanes) is 2. The summed E-state index contributed by atoms with van der Waals surface area (Å²) in [4.78, 5) is 20.0. The van der Waals surface area contributed by atoms with Gasteiger partial charge in [0.25, 0.3) is 0 Å². The first-order chi connectivity index (χ1) is 13.2. The van der Waals surface area contributed by atoms with E-state index in [1.165, 1.54) is 28.0 Å². The fourth-order valence-electron chi connectivity index (χ4n) is 3.49. The highest BCUT2D eigenvalue weighted by atomic mass is 32.1. The van der Waals surface area contributed by atoms with Crippen LogP contribution >= 0.6 is 11.3 Å². The summed E-state index contributed by atoms with van der Waals surface area (Å²) in [6, 6.07) is 4.50. The number of carbonyl (C=O) groups excluding carboxylic acids is 1. The van der Waals surface area contributed by atoms with Crippen LogP contribution in [0.5, 0.6) is 0 Å². The smallest absolute Gasteiger partial charge is 0.186 e. The van der Waals surface area contributed by atoms with Crippen LogP contribution in [0.15, 0.2) is 12.1 Å². The van der Waals surface area contributed by atoms with E-state index in [4.69, 9.17) is 4.98 Å². The molecule has 3 nitrogen and oxygen atoms in total. The maximum atomic E-state index is 11.9. The number of rotatable bonds is 9. The lowest BCUT2D eigenvalue weighted by Gasteiger charge is -2.22. The zero-order chi connectivity index (χ0) is 20.9. The molecule has 1 aromatic carbocycles. The Morgan fingerprint density at radius 2 is 1.57 bits per heavy atom. The summed E-state index contributed by atoms with van der Waals surface area (Å²) in [5.41, 5.74) is 5.78. The van der Waals surface area contributed by atoms with Crippen LogP contribution in [-0.4, -0.2) is 24.4 Å². The molecule has 0 aliphatic carbocycles. The fourth-order valence-corrected chi connectivity index (χ4v) is 4.42. The first kappa shape index (κ1) is 22.6. The molecule has 0 N–H and O–H groups in total. The predicted molar refractivity (Wildman–Crippen MR) is 123 cm³/mol. The number of hydrogen-bond donors (Lipinski definition) is 0. The molecule has 0 radical (unpaired) electrons. The van der Waals surface area contributed by atoms with Gasteiger partial charge in [-0.1, -0.05) is 70.9 Å². The summed E-state index contributed by atoms with van der Waals surface area (Å²) in [5, 5.41) is 0.984. The van der Waals surface area contributed by atoms with Gasteiger partial charge in [-0.3, -0.25) is 4.79 Å². The maximum Gasteiger partial charge on any atom is 0.186 e. The lowest BCUT2D eigenvalue weighted by molar-refractivity contribution is 0.112. The number of thiazole rings is 1. The molecule has 2 aromatic rings. The molecule has 1 heterocycles. The molecule has 0 amide bonds. The zero-order valence-corrected chi connectivity index (χ0v) is 19.5. The normalized spacial score (nSPS) is 11.7. The van der Waals surface area contributed by atoms with Crippen molar-refractivity contribution in [3.05, 3.63) is 33.7 Å². The third-order valence-electron chi connectivity index (χ3n) is 5.22. The van der Waals surface area contributed by atoms with Gasteiger partial charge in [-0.25, -0.2) is 4.98 Å². The summed E-state index contributed by atoms with van der Waals surface area (Å²) < 4.78 is 0. The lowest BCUT2D eigenvalue weighted by Crippen LogP contribution is -2.25. The minimum Gasteiger partial charge on any atom is -0.348 e. The van der Waals surface area contributed by atoms with E-state index >= 15 is 0 Å². The number of benzene rings is 1. The van der Waals surface area contributed by atoms with E-state index in [1.807, 2.05) is 0 Å². The summed E-state index contributed by atoms with van der Waals surface area (Å²) in [6.45, 7) is 17.4. The Hall–Kier alpha value is -1.68. The monoisotopic (exact) mass is 400 g/mol. The highest BCUT2D eigenvalue weighted by Crippen LogP contribution is 2.37. The quantitative estimate of drug-likeness (QED) is 0.427. The van der Waals surface area contributed by atoms with Gasteiger partial charge in [0.2, 0.25) is 0 Å². The Bertz CT molecular complexity index is 770. The van der Waals surface area contributed by atoms with Gasteiger partial charge in [0.1, 0.15) is 0 Å². The highest BCUT2D eigenvalue weighted by molar-refractivity contribution is 7.17. The summed E-state index contributed by atoms with van der Waals surface area (Å²) >= 11 is 1.54. The Morgan fingerprint density at radius 1 is 1.04 bits per heavy atom. The summed E-state index contributed by atoms with van der Waals surface area (Å²) in [5.74, 6) is 0. The lowest BCUT2D eigenvalue weighted by atomic mass is 9.83. The van der Waals surface area contributed by atoms with Crippen LogP contribution in [0, 0.1) is 13.8 Å². The standard InChI is InChI=1S/C24H36N2OS/c1-8-10-12-26(13-11-9-2)23-25-22(20(16-27)28-23)21-17(3)14-19(15-18(21)4)24(5,6)7/h14-16H,8-13H2,1-7H3. The van der Waals surface area contributed by atoms with Gasteiger partial charge >= 0.3 is 0 Å². The van der Waals surface area contributed by atoms with Gasteiger partial charge in [0, 0.05) is 18.7 Å². The Labute approximate surface area is 175 Å². The van der Waals surface area contributed by atoms with Crippen molar-refractivity contribution in [3.8, 4) is 11.3 Å². The molecular formula is C24H36N2OS. The highest BCUT2D eigenvalue weighted by Gasteiger charge is 2.22. The number of carbonyl (C=O) groups is 1. The van der Waals surface area contributed by atoms with Crippen LogP contribution in [-0.2, 0) is 5.41 Å². The van der Waals surface area contributed by atoms with Crippen molar-refractivity contribution < 1.29 is 4.79 Å². The van der Waals surface area contributed by atoms with Gasteiger partial charge in [0.15, 0.2) is 11.4 Å². The third kappa shape index (κ3) is 5.22. The summed E-state index contributed by atoms with van der Waals surface area (Å²) in [6.07, 6.45) is 5.59. The Morgan fingerprint density at radius 3 is 2.00 bits per heavy atom. The van der Waals surface area contributed by atoms with Crippen LogP contribution < -0.4 is 4.90 Å². The van der Waals surface area contributed by atoms with Gasteiger partial charge in [-0.2, -0.15) is 0 Å². The van der Waals surface area contributed by atoms with Crippen LogP contribution in [0.4, 0.5) is 5.13 Å². The van der Waals surface area contributed by atoms with E-state index in [1.54, 1.807) is 0 Å². The van der Waals surface area contributed by atoms with Crippen molar-refractivity contribution in [1.29, 1.82) is 0 Å². The molecule has 0 unspecified atom stereocenters. The molecule has 0 aliphatic rings. The number of anilines is 1. The topological polar surface area (TPSA) is 33.2 Å². The summed E-state index contributed by atoms with van der Waals surface area (Å²) in [7, 11) is 0. The molecule has 154 valence electrons. The van der Waals surface area contributed by atoms with Gasteiger partial charge in [0.05, 0.1) is 10.6 Å². The fraction of sp³-hybridized carbons (Fsp3) is 0.583. The van der Waals surface area contributed by atoms with Gasteiger partial charge < -0.3 is 4.90 Å². The number of aldehydes is 1. The third-order valence-corrected chi connectivity index (χ3v) is 6.26. The van der Waals surface area contributed by atoms with Crippen molar-refractivity contribution in [2.24, 2.45) is 0 Å². The molecule has 1 aromatic heterocycles. The number of nitrogens with zero attached hydrogens (tertiary/aromatic N) is 2. The van der Waals surface area contributed by atoms with E-state index < -0.39 is 0 Å². The van der Waals surface area contributed by atoms with Crippen LogP contribution in [0.1, 0.15) is 86.7 Å². The van der Waals surface area contributed by atoms with Crippen molar-refractivity contribution in [1.82, 2.24) is 4.98 Å². The van der Waals surface area contributed by atoms with E-state index in [9.17, 15) is 4.79 Å². The number of hydrogen-bond acceptors (Lipinski definition) is 4. The van der Waals surface area contributed by atoms with Crippen LogP contribution in [0.25, 0.3) is 11.3 Å². The van der Waals surface area contributed by atoms with E-state index in [0.717, 1.165) is 66.3 Å². The average molecular weight is 401 g/mol. The van der Waals surface area contributed by atoms with Crippen molar-refractivity contribution in [3.63, 3.8) is 0 Å². The predicted octanol–water partition coefficient (Wildman–Crippen LogP) is 6.94. The molecule has 0 spiro atoms. The number of aromatic nitrogens is 1. The Kier molecular flexibility index (Phi) is 7.82. The number of aryl methyl sites for hydroxylation is 2.